The van der Waals surface area contributed by atoms with Gasteiger partial charge in [-0.15, -0.1) is 0 Å². The Labute approximate surface area is 143 Å². The summed E-state index contributed by atoms with van der Waals surface area (Å²) in [5, 5.41) is 9.49. The van der Waals surface area contributed by atoms with Crippen molar-refractivity contribution in [1.29, 1.82) is 0 Å². The zero-order chi connectivity index (χ0) is 17.4. The van der Waals surface area contributed by atoms with Crippen LogP contribution in [0.3, 0.4) is 0 Å². The van der Waals surface area contributed by atoms with E-state index in [1.807, 2.05) is 0 Å². The number of carbonyl (C=O) groups is 1. The second-order valence-corrected chi connectivity index (χ2v) is 6.28. The summed E-state index contributed by atoms with van der Waals surface area (Å²) in [6.07, 6.45) is 3.73. The summed E-state index contributed by atoms with van der Waals surface area (Å²) >= 11 is 0. The van der Waals surface area contributed by atoms with Gasteiger partial charge >= 0.3 is 0 Å². The van der Waals surface area contributed by atoms with Gasteiger partial charge in [-0.2, -0.15) is 0 Å². The first-order valence-electron chi connectivity index (χ1n) is 8.63. The number of carbonyl (C=O) groups excluding carboxylic acids is 1. The van der Waals surface area contributed by atoms with Gasteiger partial charge in [0.2, 0.25) is 0 Å². The van der Waals surface area contributed by atoms with Gasteiger partial charge in [0.25, 0.3) is 5.91 Å². The minimum Gasteiger partial charge on any atom is -0.459 e. The van der Waals surface area contributed by atoms with E-state index in [1.54, 1.807) is 19.2 Å². The van der Waals surface area contributed by atoms with Crippen molar-refractivity contribution in [1.82, 2.24) is 20.9 Å². The predicted molar refractivity (Wildman–Crippen MR) is 95.3 cm³/mol. The molecule has 1 aromatic rings. The highest BCUT2D eigenvalue weighted by atomic mass is 16.3. The maximum atomic E-state index is 11.7. The molecule has 2 rings (SSSR count). The molecule has 0 radical (unpaired) electrons. The van der Waals surface area contributed by atoms with Gasteiger partial charge in [0.15, 0.2) is 11.7 Å². The first kappa shape index (κ1) is 18.3. The number of hydrogen-bond donors (Lipinski definition) is 3. The van der Waals surface area contributed by atoms with Gasteiger partial charge in [-0.3, -0.25) is 9.79 Å². The number of guanidine groups is 1. The molecule has 1 aliphatic rings. The molecule has 1 fully saturated rings. The van der Waals surface area contributed by atoms with E-state index in [2.05, 4.69) is 39.7 Å². The molecule has 7 heteroatoms. The fourth-order valence-corrected chi connectivity index (χ4v) is 2.80. The van der Waals surface area contributed by atoms with E-state index in [0.717, 1.165) is 31.9 Å². The van der Waals surface area contributed by atoms with E-state index < -0.39 is 0 Å². The Hall–Kier alpha value is -2.02. The van der Waals surface area contributed by atoms with Gasteiger partial charge in [-0.1, -0.05) is 0 Å². The number of nitrogens with zero attached hydrogens (tertiary/aromatic N) is 2. The Morgan fingerprint density at radius 3 is 2.62 bits per heavy atom. The third-order valence-corrected chi connectivity index (χ3v) is 4.27. The van der Waals surface area contributed by atoms with Gasteiger partial charge in [0.1, 0.15) is 0 Å². The van der Waals surface area contributed by atoms with Crippen LogP contribution in [0.4, 0.5) is 0 Å². The van der Waals surface area contributed by atoms with Crippen LogP contribution >= 0.6 is 0 Å². The van der Waals surface area contributed by atoms with Crippen molar-refractivity contribution < 1.29 is 9.21 Å². The maximum absolute atomic E-state index is 11.7. The first-order valence-corrected chi connectivity index (χ1v) is 8.63. The first-order chi connectivity index (χ1) is 11.6. The molecule has 0 saturated carbocycles. The Morgan fingerprint density at radius 2 is 2.04 bits per heavy atom. The van der Waals surface area contributed by atoms with Crippen LogP contribution in [0, 0.1) is 0 Å². The highest BCUT2D eigenvalue weighted by Gasteiger charge is 2.21. The molecule has 0 atom stereocenters. The average molecular weight is 335 g/mol. The normalized spacial score (nSPS) is 17.1. The summed E-state index contributed by atoms with van der Waals surface area (Å²) in [6.45, 7) is 7.83. The fourth-order valence-electron chi connectivity index (χ4n) is 2.80. The number of hydrogen-bond acceptors (Lipinski definition) is 4. The third-order valence-electron chi connectivity index (χ3n) is 4.27. The van der Waals surface area contributed by atoms with Crippen molar-refractivity contribution in [2.24, 2.45) is 4.99 Å². The number of piperidine rings is 1. The number of amides is 1. The van der Waals surface area contributed by atoms with E-state index in [-0.39, 0.29) is 5.91 Å². The molecule has 0 aromatic carbocycles. The lowest BCUT2D eigenvalue weighted by Crippen LogP contribution is -2.50. The number of nitrogens with one attached hydrogen (secondary N) is 3. The lowest BCUT2D eigenvalue weighted by molar-refractivity contribution is 0.0926. The summed E-state index contributed by atoms with van der Waals surface area (Å²) < 4.78 is 5.05. The van der Waals surface area contributed by atoms with E-state index in [1.165, 1.54) is 6.26 Å². The van der Waals surface area contributed by atoms with Crippen molar-refractivity contribution in [3.8, 4) is 0 Å². The molecule has 2 heterocycles. The number of furan rings is 1. The monoisotopic (exact) mass is 335 g/mol. The quantitative estimate of drug-likeness (QED) is 0.411. The molecular formula is C17H29N5O2. The summed E-state index contributed by atoms with van der Waals surface area (Å²) in [6, 6.07) is 4.40. The summed E-state index contributed by atoms with van der Waals surface area (Å²) in [4.78, 5) is 18.5. The second-order valence-electron chi connectivity index (χ2n) is 6.28. The van der Waals surface area contributed by atoms with Gasteiger partial charge in [-0.25, -0.2) is 0 Å². The molecule has 134 valence electrons. The molecule has 0 unspecified atom stereocenters. The van der Waals surface area contributed by atoms with Crippen LogP contribution in [0.1, 0.15) is 37.2 Å². The van der Waals surface area contributed by atoms with Crippen molar-refractivity contribution in [2.45, 2.75) is 38.8 Å². The van der Waals surface area contributed by atoms with Crippen LogP contribution in [-0.4, -0.2) is 62.1 Å². The van der Waals surface area contributed by atoms with Gasteiger partial charge in [-0.05, 0) is 38.8 Å². The van der Waals surface area contributed by atoms with Crippen molar-refractivity contribution in [2.75, 3.05) is 33.2 Å². The zero-order valence-electron chi connectivity index (χ0n) is 14.8. The lowest BCUT2D eigenvalue weighted by atomic mass is 10.0. The summed E-state index contributed by atoms with van der Waals surface area (Å²) in [7, 11) is 1.76. The molecule has 3 N–H and O–H groups in total. The highest BCUT2D eigenvalue weighted by molar-refractivity contribution is 5.91. The van der Waals surface area contributed by atoms with Crippen LogP contribution in [0.25, 0.3) is 0 Å². The van der Waals surface area contributed by atoms with Gasteiger partial charge < -0.3 is 25.3 Å². The summed E-state index contributed by atoms with van der Waals surface area (Å²) in [5.74, 6) is 0.908. The van der Waals surface area contributed by atoms with Crippen LogP contribution < -0.4 is 16.0 Å². The fraction of sp³-hybridized carbons (Fsp3) is 0.647. The van der Waals surface area contributed by atoms with Gasteiger partial charge in [0.05, 0.1) is 6.26 Å². The molecule has 1 aliphatic heterocycles. The standard InChI is InChI=1S/C17H29N5O2/c1-13(2)22-10-6-14(7-11-22)21-17(18-3)20-9-8-19-16(23)15-5-4-12-24-15/h4-5,12-14H,6-11H2,1-3H3,(H,19,23)(H2,18,20,21). The van der Waals surface area contributed by atoms with Crippen molar-refractivity contribution in [3.63, 3.8) is 0 Å². The number of likely N-dealkylation sites (tertiary alicyclic amines) is 1. The van der Waals surface area contributed by atoms with Crippen LogP contribution in [0.5, 0.6) is 0 Å². The van der Waals surface area contributed by atoms with Crippen LogP contribution in [0.15, 0.2) is 27.8 Å². The lowest BCUT2D eigenvalue weighted by Gasteiger charge is -2.35. The summed E-state index contributed by atoms with van der Waals surface area (Å²) in [5.41, 5.74) is 0. The largest absolute Gasteiger partial charge is 0.459 e. The third kappa shape index (κ3) is 5.56. The SMILES string of the molecule is CN=C(NCCNC(=O)c1ccco1)NC1CCN(C(C)C)CC1. The Kier molecular flexibility index (Phi) is 7.11. The number of aliphatic imine (C=N–C) groups is 1. The van der Waals surface area contributed by atoms with Crippen molar-refractivity contribution >= 4 is 11.9 Å². The molecular weight excluding hydrogens is 306 g/mol. The molecule has 0 aliphatic carbocycles. The predicted octanol–water partition coefficient (Wildman–Crippen LogP) is 1.05. The van der Waals surface area contributed by atoms with Gasteiger partial charge in [0, 0.05) is 45.3 Å². The molecule has 1 saturated heterocycles. The maximum Gasteiger partial charge on any atom is 0.287 e. The molecule has 1 amide bonds. The van der Waals surface area contributed by atoms with E-state index in [9.17, 15) is 4.79 Å². The average Bonchev–Trinajstić information content (AvgIpc) is 3.12. The molecule has 7 nitrogen and oxygen atoms in total. The molecule has 0 spiro atoms. The smallest absolute Gasteiger partial charge is 0.287 e. The Bertz CT molecular complexity index is 519. The minimum absolute atomic E-state index is 0.203. The zero-order valence-corrected chi connectivity index (χ0v) is 14.8. The number of rotatable bonds is 6. The molecule has 0 bridgehead atoms. The highest BCUT2D eigenvalue weighted by Crippen LogP contribution is 2.12. The Morgan fingerprint density at radius 1 is 1.33 bits per heavy atom. The second kappa shape index (κ2) is 9.32. The minimum atomic E-state index is -0.203. The van der Waals surface area contributed by atoms with Crippen LogP contribution in [-0.2, 0) is 0 Å². The van der Waals surface area contributed by atoms with Crippen LogP contribution in [0.2, 0.25) is 0 Å². The topological polar surface area (TPSA) is 81.9 Å². The van der Waals surface area contributed by atoms with Crippen molar-refractivity contribution in [3.05, 3.63) is 24.2 Å². The molecule has 1 aromatic heterocycles. The van der Waals surface area contributed by atoms with E-state index in [4.69, 9.17) is 4.42 Å². The Balaban J connectivity index is 1.63. The van der Waals surface area contributed by atoms with E-state index >= 15 is 0 Å². The van der Waals surface area contributed by atoms with E-state index in [0.29, 0.717) is 30.9 Å². The molecule has 24 heavy (non-hydrogen) atoms.